The van der Waals surface area contributed by atoms with Gasteiger partial charge in [0.15, 0.2) is 0 Å². The zero-order chi connectivity index (χ0) is 19.3. The van der Waals surface area contributed by atoms with E-state index in [1.54, 1.807) is 31.4 Å². The highest BCUT2D eigenvalue weighted by Crippen LogP contribution is 2.42. The van der Waals surface area contributed by atoms with Crippen LogP contribution in [0.25, 0.3) is 22.2 Å². The van der Waals surface area contributed by atoms with Gasteiger partial charge in [-0.15, -0.1) is 0 Å². The minimum Gasteiger partial charge on any atom is -0.496 e. The van der Waals surface area contributed by atoms with Crippen molar-refractivity contribution in [2.24, 2.45) is 0 Å². The van der Waals surface area contributed by atoms with Crippen molar-refractivity contribution in [3.63, 3.8) is 0 Å². The molecular formula is C20H15N3O4S. The molecule has 3 aromatic carbocycles. The number of anilines is 1. The molecular weight excluding hydrogens is 378 g/mol. The van der Waals surface area contributed by atoms with E-state index in [1.807, 2.05) is 36.4 Å². The van der Waals surface area contributed by atoms with Gasteiger partial charge in [0.1, 0.15) is 12.3 Å². The van der Waals surface area contributed by atoms with Gasteiger partial charge in [-0.1, -0.05) is 41.6 Å². The Labute approximate surface area is 161 Å². The van der Waals surface area contributed by atoms with Crippen LogP contribution in [0.4, 0.5) is 5.69 Å². The van der Waals surface area contributed by atoms with Crippen LogP contribution >= 0.6 is 0 Å². The zero-order valence-corrected chi connectivity index (χ0v) is 15.7. The maximum absolute atomic E-state index is 13.1. The number of aromatic nitrogens is 2. The first-order valence-electron chi connectivity index (χ1n) is 8.60. The SMILES string of the molecule is COc1ccccc1-c1noc(CN2c3cccc4cccc(c34)S2(=O)=O)n1. The first-order valence-corrected chi connectivity index (χ1v) is 10.0. The molecule has 0 unspecified atom stereocenters. The molecule has 1 aliphatic heterocycles. The molecule has 140 valence electrons. The summed E-state index contributed by atoms with van der Waals surface area (Å²) in [4.78, 5) is 4.68. The third-order valence-electron chi connectivity index (χ3n) is 4.78. The van der Waals surface area contributed by atoms with E-state index in [9.17, 15) is 8.42 Å². The Morgan fingerprint density at radius 1 is 1.04 bits per heavy atom. The number of sulfonamides is 1. The number of nitrogens with zero attached hydrogens (tertiary/aromatic N) is 3. The lowest BCUT2D eigenvalue weighted by Crippen LogP contribution is -2.26. The molecule has 0 spiro atoms. The molecule has 7 nitrogen and oxygen atoms in total. The van der Waals surface area contributed by atoms with Crippen molar-refractivity contribution in [1.29, 1.82) is 0 Å². The van der Waals surface area contributed by atoms with E-state index in [1.165, 1.54) is 4.31 Å². The number of methoxy groups -OCH3 is 1. The van der Waals surface area contributed by atoms with E-state index in [0.717, 1.165) is 10.8 Å². The fourth-order valence-electron chi connectivity index (χ4n) is 3.51. The summed E-state index contributed by atoms with van der Waals surface area (Å²) in [6.07, 6.45) is 0. The summed E-state index contributed by atoms with van der Waals surface area (Å²) in [7, 11) is -2.12. The first-order chi connectivity index (χ1) is 13.6. The van der Waals surface area contributed by atoms with Crippen LogP contribution in [-0.2, 0) is 16.6 Å². The topological polar surface area (TPSA) is 85.5 Å². The van der Waals surface area contributed by atoms with Gasteiger partial charge < -0.3 is 9.26 Å². The Morgan fingerprint density at radius 2 is 1.82 bits per heavy atom. The summed E-state index contributed by atoms with van der Waals surface area (Å²) < 4.78 is 38.1. The molecule has 0 atom stereocenters. The second-order valence-corrected chi connectivity index (χ2v) is 8.19. The van der Waals surface area contributed by atoms with E-state index in [-0.39, 0.29) is 12.4 Å². The highest BCUT2D eigenvalue weighted by Gasteiger charge is 2.36. The minimum absolute atomic E-state index is 0.0434. The third kappa shape index (κ3) is 2.38. The van der Waals surface area contributed by atoms with Crippen molar-refractivity contribution in [3.05, 3.63) is 66.6 Å². The lowest BCUT2D eigenvalue weighted by atomic mass is 10.1. The van der Waals surface area contributed by atoms with Gasteiger partial charge in [0.25, 0.3) is 10.0 Å². The van der Waals surface area contributed by atoms with Crippen LogP contribution in [0, 0.1) is 0 Å². The molecule has 0 saturated carbocycles. The summed E-state index contributed by atoms with van der Waals surface area (Å²) in [5.74, 6) is 1.16. The van der Waals surface area contributed by atoms with Crippen LogP contribution in [0.5, 0.6) is 5.75 Å². The molecule has 0 radical (unpaired) electrons. The summed E-state index contributed by atoms with van der Waals surface area (Å²) in [6, 6.07) is 18.1. The van der Waals surface area contributed by atoms with Crippen molar-refractivity contribution in [2.75, 3.05) is 11.4 Å². The Bertz CT molecular complexity index is 1310. The molecule has 0 bridgehead atoms. The second kappa shape index (κ2) is 6.07. The molecule has 5 rings (SSSR count). The lowest BCUT2D eigenvalue weighted by Gasteiger charge is -2.16. The van der Waals surface area contributed by atoms with E-state index in [4.69, 9.17) is 9.26 Å². The standard InChI is InChI=1S/C20H15N3O4S/c1-26-16-10-3-2-8-14(16)20-21-18(27-22-20)12-23-15-9-4-6-13-7-5-11-17(19(13)15)28(23,24)25/h2-11H,12H2,1H3. The molecule has 0 amide bonds. The average molecular weight is 393 g/mol. The number of benzene rings is 3. The molecule has 0 aliphatic carbocycles. The van der Waals surface area contributed by atoms with Gasteiger partial charge in [-0.2, -0.15) is 4.98 Å². The maximum atomic E-state index is 13.1. The van der Waals surface area contributed by atoms with E-state index < -0.39 is 10.0 Å². The first kappa shape index (κ1) is 16.8. The monoisotopic (exact) mass is 393 g/mol. The van der Waals surface area contributed by atoms with Crippen LogP contribution in [0.2, 0.25) is 0 Å². The van der Waals surface area contributed by atoms with E-state index in [0.29, 0.717) is 27.7 Å². The van der Waals surface area contributed by atoms with Crippen LogP contribution in [0.15, 0.2) is 70.1 Å². The van der Waals surface area contributed by atoms with Crippen molar-refractivity contribution in [2.45, 2.75) is 11.4 Å². The van der Waals surface area contributed by atoms with Crippen LogP contribution in [0.3, 0.4) is 0 Å². The van der Waals surface area contributed by atoms with Crippen molar-refractivity contribution in [1.82, 2.24) is 10.1 Å². The molecule has 1 aromatic heterocycles. The summed E-state index contributed by atoms with van der Waals surface area (Å²) >= 11 is 0. The maximum Gasteiger partial charge on any atom is 0.265 e. The average Bonchev–Trinajstić information content (AvgIpc) is 3.27. The molecule has 8 heteroatoms. The van der Waals surface area contributed by atoms with Crippen LogP contribution < -0.4 is 9.04 Å². The normalized spacial score (nSPS) is 14.5. The number of para-hydroxylation sites is 1. The third-order valence-corrected chi connectivity index (χ3v) is 6.58. The predicted octanol–water partition coefficient (Wildman–Crippen LogP) is 3.61. The van der Waals surface area contributed by atoms with Crippen LogP contribution in [-0.4, -0.2) is 25.7 Å². The lowest BCUT2D eigenvalue weighted by molar-refractivity contribution is 0.380. The largest absolute Gasteiger partial charge is 0.496 e. The smallest absolute Gasteiger partial charge is 0.265 e. The Hall–Kier alpha value is -3.39. The van der Waals surface area contributed by atoms with Crippen molar-refractivity contribution in [3.8, 4) is 17.1 Å². The van der Waals surface area contributed by atoms with E-state index >= 15 is 0 Å². The quantitative estimate of drug-likeness (QED) is 0.527. The highest BCUT2D eigenvalue weighted by atomic mass is 32.2. The summed E-state index contributed by atoms with van der Waals surface area (Å²) in [5.41, 5.74) is 1.29. The van der Waals surface area contributed by atoms with Gasteiger partial charge in [-0.3, -0.25) is 4.31 Å². The van der Waals surface area contributed by atoms with Gasteiger partial charge in [-0.05, 0) is 29.7 Å². The van der Waals surface area contributed by atoms with Crippen molar-refractivity contribution >= 4 is 26.5 Å². The van der Waals surface area contributed by atoms with Crippen LogP contribution in [0.1, 0.15) is 5.89 Å². The molecule has 2 heterocycles. The Kier molecular flexibility index (Phi) is 3.63. The number of hydrogen-bond donors (Lipinski definition) is 0. The molecule has 28 heavy (non-hydrogen) atoms. The molecule has 4 aromatic rings. The molecule has 1 aliphatic rings. The second-order valence-electron chi connectivity index (χ2n) is 6.36. The molecule has 0 saturated heterocycles. The highest BCUT2D eigenvalue weighted by molar-refractivity contribution is 7.93. The Morgan fingerprint density at radius 3 is 2.64 bits per heavy atom. The van der Waals surface area contributed by atoms with Gasteiger partial charge in [0.05, 0.1) is 23.3 Å². The molecule has 0 fully saturated rings. The summed E-state index contributed by atoms with van der Waals surface area (Å²) in [5, 5.41) is 5.59. The predicted molar refractivity (Wildman–Crippen MR) is 104 cm³/mol. The van der Waals surface area contributed by atoms with Gasteiger partial charge in [0.2, 0.25) is 11.7 Å². The number of rotatable bonds is 4. The fourth-order valence-corrected chi connectivity index (χ4v) is 5.17. The van der Waals surface area contributed by atoms with Gasteiger partial charge in [0, 0.05) is 5.39 Å². The number of hydrogen-bond acceptors (Lipinski definition) is 6. The van der Waals surface area contributed by atoms with Gasteiger partial charge in [-0.25, -0.2) is 8.42 Å². The summed E-state index contributed by atoms with van der Waals surface area (Å²) in [6.45, 7) is -0.0434. The Balaban J connectivity index is 1.55. The molecule has 0 N–H and O–H groups in total. The minimum atomic E-state index is -3.68. The van der Waals surface area contributed by atoms with Crippen molar-refractivity contribution < 1.29 is 17.7 Å². The zero-order valence-electron chi connectivity index (χ0n) is 14.9. The number of ether oxygens (including phenoxy) is 1. The van der Waals surface area contributed by atoms with E-state index in [2.05, 4.69) is 10.1 Å². The fraction of sp³-hybridized carbons (Fsp3) is 0.100. The van der Waals surface area contributed by atoms with Gasteiger partial charge >= 0.3 is 0 Å².